The molecule has 2 atom stereocenters. The van der Waals surface area contributed by atoms with Crippen molar-refractivity contribution >= 4 is 5.91 Å². The number of allylic oxidation sites excluding steroid dienone is 2. The quantitative estimate of drug-likeness (QED) is 0.259. The number of hydrogen-bond donors (Lipinski definition) is 0. The van der Waals surface area contributed by atoms with Gasteiger partial charge in [-0.1, -0.05) is 45.9 Å². The van der Waals surface area contributed by atoms with Crippen LogP contribution in [-0.4, -0.2) is 52.3 Å². The van der Waals surface area contributed by atoms with E-state index in [4.69, 9.17) is 14.2 Å². The minimum Gasteiger partial charge on any atom is -0.493 e. The molecule has 0 radical (unpaired) electrons. The van der Waals surface area contributed by atoms with Crippen molar-refractivity contribution < 1.29 is 19.0 Å². The molecule has 0 aliphatic carbocycles. The predicted octanol–water partition coefficient (Wildman–Crippen LogP) is 5.62. The average molecular weight is 448 g/mol. The fourth-order valence-corrected chi connectivity index (χ4v) is 3.74. The molecule has 0 aliphatic rings. The second-order valence-electron chi connectivity index (χ2n) is 9.41. The monoisotopic (exact) mass is 447 g/mol. The number of carbonyl (C=O) groups is 1. The van der Waals surface area contributed by atoms with Gasteiger partial charge < -0.3 is 19.1 Å². The van der Waals surface area contributed by atoms with Crippen LogP contribution in [0.15, 0.2) is 30.4 Å². The lowest BCUT2D eigenvalue weighted by Gasteiger charge is -2.23. The number of rotatable bonds is 15. The second kappa shape index (κ2) is 14.9. The maximum atomic E-state index is 12.4. The van der Waals surface area contributed by atoms with Gasteiger partial charge in [-0.15, -0.1) is 0 Å². The molecule has 32 heavy (non-hydrogen) atoms. The lowest BCUT2D eigenvalue weighted by Crippen LogP contribution is -2.32. The van der Waals surface area contributed by atoms with Crippen molar-refractivity contribution in [1.29, 1.82) is 0 Å². The van der Waals surface area contributed by atoms with E-state index in [1.54, 1.807) is 19.1 Å². The topological polar surface area (TPSA) is 48.0 Å². The van der Waals surface area contributed by atoms with Gasteiger partial charge >= 0.3 is 0 Å². The van der Waals surface area contributed by atoms with E-state index >= 15 is 0 Å². The molecule has 1 rings (SSSR count). The van der Waals surface area contributed by atoms with E-state index < -0.39 is 0 Å². The predicted molar refractivity (Wildman–Crippen MR) is 132 cm³/mol. The Morgan fingerprint density at radius 3 is 2.22 bits per heavy atom. The van der Waals surface area contributed by atoms with Crippen molar-refractivity contribution in [3.63, 3.8) is 0 Å². The summed E-state index contributed by atoms with van der Waals surface area (Å²) in [4.78, 5) is 14.1. The van der Waals surface area contributed by atoms with E-state index in [-0.39, 0.29) is 11.8 Å². The molecule has 0 saturated carbocycles. The molecule has 0 aliphatic heterocycles. The van der Waals surface area contributed by atoms with Gasteiger partial charge in [0.25, 0.3) is 0 Å². The van der Waals surface area contributed by atoms with Crippen molar-refractivity contribution in [3.05, 3.63) is 35.9 Å². The number of carbonyl (C=O) groups excluding carboxylic acids is 1. The Bertz CT molecular complexity index is 697. The fraction of sp³-hybridized carbons (Fsp3) is 0.667. The van der Waals surface area contributed by atoms with E-state index in [2.05, 4.69) is 52.0 Å². The van der Waals surface area contributed by atoms with Gasteiger partial charge in [-0.2, -0.15) is 0 Å². The zero-order chi connectivity index (χ0) is 24.1. The van der Waals surface area contributed by atoms with Gasteiger partial charge in [0.2, 0.25) is 5.91 Å². The molecule has 1 amide bonds. The molecule has 0 aromatic heterocycles. The highest BCUT2D eigenvalue weighted by atomic mass is 16.5. The average Bonchev–Trinajstić information content (AvgIpc) is 2.75. The van der Waals surface area contributed by atoms with Crippen molar-refractivity contribution in [2.45, 2.75) is 53.4 Å². The smallest absolute Gasteiger partial charge is 0.225 e. The molecule has 0 fully saturated rings. The molecule has 0 N–H and O–H groups in total. The van der Waals surface area contributed by atoms with Crippen molar-refractivity contribution in [1.82, 2.24) is 4.90 Å². The van der Waals surface area contributed by atoms with Gasteiger partial charge in [-0.05, 0) is 54.7 Å². The summed E-state index contributed by atoms with van der Waals surface area (Å²) in [7, 11) is 7.04. The van der Waals surface area contributed by atoms with Gasteiger partial charge in [0.05, 0.1) is 13.7 Å². The summed E-state index contributed by atoms with van der Waals surface area (Å²) >= 11 is 0. The summed E-state index contributed by atoms with van der Waals surface area (Å²) in [6.07, 6.45) is 8.06. The number of benzene rings is 1. The Hall–Kier alpha value is -2.01. The van der Waals surface area contributed by atoms with Crippen LogP contribution in [0.2, 0.25) is 0 Å². The first kappa shape index (κ1) is 28.0. The van der Waals surface area contributed by atoms with Crippen molar-refractivity contribution in [2.24, 2.45) is 23.7 Å². The summed E-state index contributed by atoms with van der Waals surface area (Å²) in [5.41, 5.74) is 1.25. The first-order valence-corrected chi connectivity index (χ1v) is 11.9. The van der Waals surface area contributed by atoms with Crippen LogP contribution in [-0.2, 0) is 16.0 Å². The Balaban J connectivity index is 2.78. The van der Waals surface area contributed by atoms with Gasteiger partial charge in [0.15, 0.2) is 11.5 Å². The van der Waals surface area contributed by atoms with E-state index in [1.165, 1.54) is 5.56 Å². The van der Waals surface area contributed by atoms with E-state index in [1.807, 2.05) is 20.2 Å². The van der Waals surface area contributed by atoms with Crippen molar-refractivity contribution in [3.8, 4) is 11.5 Å². The van der Waals surface area contributed by atoms with Gasteiger partial charge in [-0.3, -0.25) is 4.79 Å². The third-order valence-corrected chi connectivity index (χ3v) is 5.98. The van der Waals surface area contributed by atoms with Crippen LogP contribution in [0.4, 0.5) is 0 Å². The Morgan fingerprint density at radius 2 is 1.66 bits per heavy atom. The number of methoxy groups -OCH3 is 2. The highest BCUT2D eigenvalue weighted by molar-refractivity contribution is 5.78. The van der Waals surface area contributed by atoms with Crippen LogP contribution in [0.3, 0.4) is 0 Å². The van der Waals surface area contributed by atoms with Gasteiger partial charge in [-0.25, -0.2) is 0 Å². The number of amides is 1. The van der Waals surface area contributed by atoms with Crippen LogP contribution >= 0.6 is 0 Å². The van der Waals surface area contributed by atoms with Crippen LogP contribution in [0.25, 0.3) is 0 Å². The van der Waals surface area contributed by atoms with Gasteiger partial charge in [0.1, 0.15) is 0 Å². The number of ether oxygens (including phenoxy) is 3. The number of nitrogens with zero attached hydrogens (tertiary/aromatic N) is 1. The molecule has 1 aromatic carbocycles. The zero-order valence-electron chi connectivity index (χ0n) is 21.5. The summed E-state index contributed by atoms with van der Waals surface area (Å²) < 4.78 is 16.5. The summed E-state index contributed by atoms with van der Waals surface area (Å²) in [6, 6.07) is 6.23. The van der Waals surface area contributed by atoms with Gasteiger partial charge in [0, 0.05) is 40.2 Å². The standard InChI is InChI=1S/C27H45NO4/c1-20(2)23(12-9-10-13-24(21(3)4)27(29)28(5)6)18-22-14-15-25(31-8)26(19-22)32-17-11-16-30-7/h9-10,14-15,19-21,23-24H,11-13,16-18H2,1-8H3/b10-9+/t23?,24-/m0/s1. The molecular weight excluding hydrogens is 402 g/mol. The summed E-state index contributed by atoms with van der Waals surface area (Å²) in [6.45, 7) is 10.1. The second-order valence-corrected chi connectivity index (χ2v) is 9.41. The third kappa shape index (κ3) is 9.64. The van der Waals surface area contributed by atoms with E-state index in [0.29, 0.717) is 31.0 Å². The Labute approximate surface area is 196 Å². The Morgan fingerprint density at radius 1 is 0.969 bits per heavy atom. The zero-order valence-corrected chi connectivity index (χ0v) is 21.5. The largest absolute Gasteiger partial charge is 0.493 e. The molecule has 1 aromatic rings. The molecule has 1 unspecified atom stereocenters. The lowest BCUT2D eigenvalue weighted by molar-refractivity contribution is -0.134. The molecule has 5 nitrogen and oxygen atoms in total. The summed E-state index contributed by atoms with van der Waals surface area (Å²) in [5, 5.41) is 0. The molecular formula is C27H45NO4. The maximum absolute atomic E-state index is 12.4. The number of hydrogen-bond acceptors (Lipinski definition) is 4. The first-order valence-electron chi connectivity index (χ1n) is 11.9. The van der Waals surface area contributed by atoms with E-state index in [0.717, 1.165) is 37.2 Å². The minimum absolute atomic E-state index is 0.0400. The van der Waals surface area contributed by atoms with E-state index in [9.17, 15) is 4.79 Å². The minimum atomic E-state index is 0.0400. The fourth-order valence-electron chi connectivity index (χ4n) is 3.74. The van der Waals surface area contributed by atoms with Crippen LogP contribution in [0, 0.1) is 23.7 Å². The Kier molecular flexibility index (Phi) is 13.1. The maximum Gasteiger partial charge on any atom is 0.225 e. The molecule has 0 heterocycles. The summed E-state index contributed by atoms with van der Waals surface area (Å²) in [5.74, 6) is 3.20. The van der Waals surface area contributed by atoms with Crippen LogP contribution < -0.4 is 9.47 Å². The highest BCUT2D eigenvalue weighted by Crippen LogP contribution is 2.31. The lowest BCUT2D eigenvalue weighted by atomic mass is 9.85. The van der Waals surface area contributed by atoms with Crippen LogP contribution in [0.5, 0.6) is 11.5 Å². The molecule has 0 saturated heterocycles. The molecule has 0 spiro atoms. The highest BCUT2D eigenvalue weighted by Gasteiger charge is 2.22. The first-order chi connectivity index (χ1) is 15.2. The molecule has 0 bridgehead atoms. The SMILES string of the molecule is COCCCOc1cc(CC(C/C=C/C[C@H](C(=O)N(C)C)C(C)C)C(C)C)ccc1OC. The van der Waals surface area contributed by atoms with Crippen LogP contribution in [0.1, 0.15) is 52.5 Å². The normalized spacial score (nSPS) is 13.6. The van der Waals surface area contributed by atoms with Crippen molar-refractivity contribution in [2.75, 3.05) is 41.5 Å². The molecule has 182 valence electrons. The third-order valence-electron chi connectivity index (χ3n) is 5.98. The molecule has 5 heteroatoms.